The molecule has 94 valence electrons. The lowest BCUT2D eigenvalue weighted by Crippen LogP contribution is -2.33. The Labute approximate surface area is 98.6 Å². The van der Waals surface area contributed by atoms with Gasteiger partial charge in [-0.3, -0.25) is 4.79 Å². The van der Waals surface area contributed by atoms with Gasteiger partial charge in [-0.25, -0.2) is 0 Å². The fourth-order valence-electron chi connectivity index (χ4n) is 2.26. The molecule has 0 radical (unpaired) electrons. The Morgan fingerprint density at radius 2 is 2.00 bits per heavy atom. The quantitative estimate of drug-likeness (QED) is 0.772. The molecule has 1 aliphatic carbocycles. The van der Waals surface area contributed by atoms with Crippen LogP contribution in [0.5, 0.6) is 0 Å². The lowest BCUT2D eigenvalue weighted by Gasteiger charge is -2.34. The van der Waals surface area contributed by atoms with Gasteiger partial charge in [0.25, 0.3) is 0 Å². The summed E-state index contributed by atoms with van der Waals surface area (Å²) in [6.45, 7) is 6.66. The maximum absolute atomic E-state index is 11.6. The average molecular weight is 227 g/mol. The maximum atomic E-state index is 11.6. The van der Waals surface area contributed by atoms with Gasteiger partial charge in [0.05, 0.1) is 6.10 Å². The molecule has 0 bridgehead atoms. The maximum Gasteiger partial charge on any atom is 0.220 e. The molecule has 0 aromatic carbocycles. The van der Waals surface area contributed by atoms with Gasteiger partial charge in [0.2, 0.25) is 5.91 Å². The highest BCUT2D eigenvalue weighted by atomic mass is 16.3. The molecule has 1 unspecified atom stereocenters. The number of hydrogen-bond acceptors (Lipinski definition) is 2. The van der Waals surface area contributed by atoms with Crippen LogP contribution in [0.2, 0.25) is 0 Å². The van der Waals surface area contributed by atoms with E-state index in [0.29, 0.717) is 24.3 Å². The first-order valence-electron chi connectivity index (χ1n) is 6.34. The average Bonchev–Trinajstić information content (AvgIpc) is 2.18. The molecule has 1 fully saturated rings. The van der Waals surface area contributed by atoms with Gasteiger partial charge in [-0.2, -0.15) is 0 Å². The van der Waals surface area contributed by atoms with Gasteiger partial charge in [-0.05, 0) is 43.9 Å². The van der Waals surface area contributed by atoms with E-state index in [4.69, 9.17) is 5.11 Å². The molecule has 3 nitrogen and oxygen atoms in total. The molecule has 0 spiro atoms. The van der Waals surface area contributed by atoms with E-state index in [1.807, 2.05) is 0 Å². The Balaban J connectivity index is 2.21. The predicted octanol–water partition coefficient (Wildman–Crippen LogP) is 2.09. The van der Waals surface area contributed by atoms with Crippen molar-refractivity contribution in [3.63, 3.8) is 0 Å². The molecule has 0 heterocycles. The molecule has 0 aliphatic heterocycles. The summed E-state index contributed by atoms with van der Waals surface area (Å²) in [5, 5.41) is 11.8. The first-order valence-corrected chi connectivity index (χ1v) is 6.34. The van der Waals surface area contributed by atoms with Gasteiger partial charge in [-0.1, -0.05) is 13.8 Å². The Bertz CT molecular complexity index is 226. The van der Waals surface area contributed by atoms with E-state index < -0.39 is 6.10 Å². The van der Waals surface area contributed by atoms with Crippen LogP contribution in [0.1, 0.15) is 52.9 Å². The van der Waals surface area contributed by atoms with Crippen molar-refractivity contribution in [2.75, 3.05) is 6.54 Å². The van der Waals surface area contributed by atoms with Gasteiger partial charge in [0.1, 0.15) is 0 Å². The second kappa shape index (κ2) is 5.67. The summed E-state index contributed by atoms with van der Waals surface area (Å²) < 4.78 is 0. The van der Waals surface area contributed by atoms with Crippen LogP contribution < -0.4 is 5.32 Å². The minimum Gasteiger partial charge on any atom is -0.392 e. The lowest BCUT2D eigenvalue weighted by molar-refractivity contribution is -0.122. The van der Waals surface area contributed by atoms with Gasteiger partial charge >= 0.3 is 0 Å². The van der Waals surface area contributed by atoms with Crippen molar-refractivity contribution in [3.8, 4) is 0 Å². The van der Waals surface area contributed by atoms with E-state index in [0.717, 1.165) is 12.8 Å². The first kappa shape index (κ1) is 13.5. The molecule has 1 saturated carbocycles. The van der Waals surface area contributed by atoms with Crippen molar-refractivity contribution in [3.05, 3.63) is 0 Å². The van der Waals surface area contributed by atoms with Crippen LogP contribution in [-0.4, -0.2) is 23.7 Å². The Kier molecular flexibility index (Phi) is 4.78. The fraction of sp³-hybridized carbons (Fsp3) is 0.923. The molecule has 3 heteroatoms. The third-order valence-corrected chi connectivity index (χ3v) is 3.53. The first-order chi connectivity index (χ1) is 7.39. The molecule has 0 aromatic heterocycles. The summed E-state index contributed by atoms with van der Waals surface area (Å²) in [4.78, 5) is 11.6. The van der Waals surface area contributed by atoms with E-state index >= 15 is 0 Å². The van der Waals surface area contributed by atoms with Crippen LogP contribution in [0.4, 0.5) is 0 Å². The Morgan fingerprint density at radius 1 is 1.44 bits per heavy atom. The lowest BCUT2D eigenvalue weighted by atomic mass is 9.72. The van der Waals surface area contributed by atoms with E-state index in [9.17, 15) is 4.79 Å². The molecule has 1 rings (SSSR count). The topological polar surface area (TPSA) is 49.3 Å². The van der Waals surface area contributed by atoms with Gasteiger partial charge in [-0.15, -0.1) is 0 Å². The molecular formula is C13H25NO2. The highest BCUT2D eigenvalue weighted by Crippen LogP contribution is 2.38. The third-order valence-electron chi connectivity index (χ3n) is 3.53. The molecule has 1 atom stereocenters. The van der Waals surface area contributed by atoms with Crippen LogP contribution in [0, 0.1) is 11.3 Å². The summed E-state index contributed by atoms with van der Waals surface area (Å²) in [5.74, 6) is 0.632. The summed E-state index contributed by atoms with van der Waals surface area (Å²) >= 11 is 0. The highest BCUT2D eigenvalue weighted by molar-refractivity contribution is 5.76. The van der Waals surface area contributed by atoms with Crippen LogP contribution >= 0.6 is 0 Å². The number of nitrogens with one attached hydrogen (secondary N) is 1. The normalized spacial score (nSPS) is 22.8. The zero-order valence-corrected chi connectivity index (χ0v) is 10.8. The second-order valence-corrected chi connectivity index (χ2v) is 5.96. The Hall–Kier alpha value is -0.570. The van der Waals surface area contributed by atoms with E-state index in [2.05, 4.69) is 19.2 Å². The zero-order chi connectivity index (χ0) is 12.2. The minimum absolute atomic E-state index is 0.0885. The molecule has 16 heavy (non-hydrogen) atoms. The largest absolute Gasteiger partial charge is 0.392 e. The van der Waals surface area contributed by atoms with Crippen molar-refractivity contribution in [2.45, 2.75) is 59.0 Å². The van der Waals surface area contributed by atoms with Crippen molar-refractivity contribution >= 4 is 5.91 Å². The molecule has 0 aromatic rings. The van der Waals surface area contributed by atoms with Crippen molar-refractivity contribution in [1.29, 1.82) is 0 Å². The monoisotopic (exact) mass is 227 g/mol. The Morgan fingerprint density at radius 3 is 2.50 bits per heavy atom. The van der Waals surface area contributed by atoms with Crippen molar-refractivity contribution < 1.29 is 9.90 Å². The zero-order valence-electron chi connectivity index (χ0n) is 10.8. The summed E-state index contributed by atoms with van der Waals surface area (Å²) in [5.41, 5.74) is 0.465. The van der Waals surface area contributed by atoms with Crippen LogP contribution in [0.25, 0.3) is 0 Å². The van der Waals surface area contributed by atoms with Crippen LogP contribution in [0.3, 0.4) is 0 Å². The SMILES string of the molecule is CC(O)CNC(=O)CC1CCC(C)(C)CC1. The predicted molar refractivity (Wildman–Crippen MR) is 65.0 cm³/mol. The minimum atomic E-state index is -0.450. The fourth-order valence-corrected chi connectivity index (χ4v) is 2.26. The highest BCUT2D eigenvalue weighted by Gasteiger charge is 2.27. The second-order valence-electron chi connectivity index (χ2n) is 5.96. The molecule has 0 saturated heterocycles. The number of amides is 1. The number of carbonyl (C=O) groups excluding carboxylic acids is 1. The smallest absolute Gasteiger partial charge is 0.220 e. The standard InChI is InChI=1S/C13H25NO2/c1-10(15)9-14-12(16)8-11-4-6-13(2,3)7-5-11/h10-11,15H,4-9H2,1-3H3,(H,14,16). The number of carbonyl (C=O) groups is 1. The van der Waals surface area contributed by atoms with Gasteiger partial charge in [0, 0.05) is 13.0 Å². The van der Waals surface area contributed by atoms with Gasteiger partial charge < -0.3 is 10.4 Å². The van der Waals surface area contributed by atoms with Crippen molar-refractivity contribution in [1.82, 2.24) is 5.32 Å². The summed E-state index contributed by atoms with van der Waals surface area (Å²) in [6.07, 6.45) is 4.95. The summed E-state index contributed by atoms with van der Waals surface area (Å²) in [7, 11) is 0. The van der Waals surface area contributed by atoms with Crippen LogP contribution in [0.15, 0.2) is 0 Å². The van der Waals surface area contributed by atoms with Gasteiger partial charge in [0.15, 0.2) is 0 Å². The molecule has 1 amide bonds. The number of hydrogen-bond donors (Lipinski definition) is 2. The number of rotatable bonds is 4. The van der Waals surface area contributed by atoms with Crippen molar-refractivity contribution in [2.24, 2.45) is 11.3 Å². The van der Waals surface area contributed by atoms with E-state index in [-0.39, 0.29) is 5.91 Å². The third kappa shape index (κ3) is 4.97. The number of aliphatic hydroxyl groups excluding tert-OH is 1. The molecule has 2 N–H and O–H groups in total. The number of aliphatic hydroxyl groups is 1. The summed E-state index contributed by atoms with van der Waals surface area (Å²) in [6, 6.07) is 0. The molecule has 1 aliphatic rings. The van der Waals surface area contributed by atoms with Crippen LogP contribution in [-0.2, 0) is 4.79 Å². The molecular weight excluding hydrogens is 202 g/mol. The van der Waals surface area contributed by atoms with E-state index in [1.54, 1.807) is 6.92 Å². The van der Waals surface area contributed by atoms with E-state index in [1.165, 1.54) is 12.8 Å².